The van der Waals surface area contributed by atoms with E-state index in [0.717, 1.165) is 5.56 Å². The fourth-order valence-electron chi connectivity index (χ4n) is 2.56. The molecule has 2 aromatic carbocycles. The third kappa shape index (κ3) is 3.70. The van der Waals surface area contributed by atoms with Gasteiger partial charge in [-0.3, -0.25) is 0 Å². The summed E-state index contributed by atoms with van der Waals surface area (Å²) in [6.45, 7) is 8.75. The fraction of sp³-hybridized carbons (Fsp3) is 0.350. The summed E-state index contributed by atoms with van der Waals surface area (Å²) in [6, 6.07) is 11.2. The monoisotopic (exact) mass is 328 g/mol. The zero-order valence-electron chi connectivity index (χ0n) is 14.8. The molecule has 0 heterocycles. The van der Waals surface area contributed by atoms with E-state index in [1.54, 1.807) is 13.2 Å². The molecule has 0 aliphatic carbocycles. The lowest BCUT2D eigenvalue weighted by Gasteiger charge is -2.20. The van der Waals surface area contributed by atoms with Crippen molar-refractivity contribution >= 4 is 5.97 Å². The number of carboxylic acids is 1. The van der Waals surface area contributed by atoms with Crippen molar-refractivity contribution in [3.63, 3.8) is 0 Å². The van der Waals surface area contributed by atoms with Crippen LogP contribution in [-0.2, 0) is 5.41 Å². The number of methoxy groups -OCH3 is 1. The molecule has 4 heteroatoms. The molecule has 2 aromatic rings. The van der Waals surface area contributed by atoms with Gasteiger partial charge < -0.3 is 14.6 Å². The summed E-state index contributed by atoms with van der Waals surface area (Å²) in [5, 5.41) is 9.37. The van der Waals surface area contributed by atoms with Crippen LogP contribution in [-0.4, -0.2) is 24.8 Å². The lowest BCUT2D eigenvalue weighted by Crippen LogP contribution is -2.10. The maximum absolute atomic E-state index is 11.4. The van der Waals surface area contributed by atoms with Gasteiger partial charge in [-0.1, -0.05) is 45.0 Å². The van der Waals surface area contributed by atoms with E-state index in [2.05, 4.69) is 32.9 Å². The normalized spacial score (nSPS) is 11.2. The molecule has 0 saturated heterocycles. The minimum Gasteiger partial charge on any atom is -0.492 e. The number of hydrogen-bond acceptors (Lipinski definition) is 3. The van der Waals surface area contributed by atoms with Crippen molar-refractivity contribution in [2.45, 2.75) is 33.1 Å². The van der Waals surface area contributed by atoms with E-state index >= 15 is 0 Å². The topological polar surface area (TPSA) is 55.8 Å². The van der Waals surface area contributed by atoms with Crippen molar-refractivity contribution in [3.8, 4) is 22.6 Å². The highest BCUT2D eigenvalue weighted by Crippen LogP contribution is 2.40. The van der Waals surface area contributed by atoms with Gasteiger partial charge in [0.25, 0.3) is 0 Å². The highest BCUT2D eigenvalue weighted by Gasteiger charge is 2.18. The van der Waals surface area contributed by atoms with Gasteiger partial charge in [-0.25, -0.2) is 4.79 Å². The van der Waals surface area contributed by atoms with Crippen molar-refractivity contribution in [1.82, 2.24) is 0 Å². The molecule has 0 unspecified atom stereocenters. The number of rotatable bonds is 5. The molecular weight excluding hydrogens is 304 g/mol. The fourth-order valence-corrected chi connectivity index (χ4v) is 2.56. The van der Waals surface area contributed by atoms with E-state index in [9.17, 15) is 9.90 Å². The number of aromatic carboxylic acids is 1. The van der Waals surface area contributed by atoms with E-state index in [4.69, 9.17) is 9.47 Å². The van der Waals surface area contributed by atoms with Crippen LogP contribution in [0.5, 0.6) is 11.5 Å². The Balaban J connectivity index is 2.61. The number of ether oxygens (including phenoxy) is 2. The number of carboxylic acid groups (broad SMARTS) is 1. The molecule has 0 amide bonds. The van der Waals surface area contributed by atoms with Crippen LogP contribution >= 0.6 is 0 Å². The quantitative estimate of drug-likeness (QED) is 0.860. The van der Waals surface area contributed by atoms with E-state index in [1.807, 2.05) is 19.1 Å². The summed E-state index contributed by atoms with van der Waals surface area (Å²) in [5.41, 5.74) is 3.05. The van der Waals surface area contributed by atoms with Crippen LogP contribution in [0.3, 0.4) is 0 Å². The lowest BCUT2D eigenvalue weighted by atomic mass is 9.86. The van der Waals surface area contributed by atoms with Gasteiger partial charge in [0.05, 0.1) is 19.3 Å². The molecule has 128 valence electrons. The SMILES string of the molecule is CCOc1cc(C(=O)O)cc(-c2ccc(C(C)(C)C)cc2)c1OC. The predicted octanol–water partition coefficient (Wildman–Crippen LogP) is 4.76. The van der Waals surface area contributed by atoms with Gasteiger partial charge in [-0.2, -0.15) is 0 Å². The van der Waals surface area contributed by atoms with Crippen LogP contribution in [0.15, 0.2) is 36.4 Å². The zero-order chi connectivity index (χ0) is 17.9. The van der Waals surface area contributed by atoms with Gasteiger partial charge in [0.2, 0.25) is 0 Å². The molecule has 2 rings (SSSR count). The number of benzene rings is 2. The lowest BCUT2D eigenvalue weighted by molar-refractivity contribution is 0.0696. The Labute approximate surface area is 143 Å². The molecular formula is C20H24O4. The summed E-state index contributed by atoms with van der Waals surface area (Å²) >= 11 is 0. The van der Waals surface area contributed by atoms with Gasteiger partial charge in [0.1, 0.15) is 0 Å². The van der Waals surface area contributed by atoms with Gasteiger partial charge >= 0.3 is 5.97 Å². The maximum Gasteiger partial charge on any atom is 0.335 e. The molecule has 0 spiro atoms. The van der Waals surface area contributed by atoms with E-state index in [0.29, 0.717) is 23.7 Å². The molecule has 0 radical (unpaired) electrons. The molecule has 0 aliphatic heterocycles. The minimum atomic E-state index is -0.994. The first kappa shape index (κ1) is 17.9. The van der Waals surface area contributed by atoms with Crippen LogP contribution in [0, 0.1) is 0 Å². The number of hydrogen-bond donors (Lipinski definition) is 1. The van der Waals surface area contributed by atoms with E-state index in [1.165, 1.54) is 11.6 Å². The van der Waals surface area contributed by atoms with Crippen molar-refractivity contribution in [1.29, 1.82) is 0 Å². The predicted molar refractivity (Wildman–Crippen MR) is 95.3 cm³/mol. The molecule has 4 nitrogen and oxygen atoms in total. The highest BCUT2D eigenvalue weighted by molar-refractivity contribution is 5.92. The Hall–Kier alpha value is -2.49. The Morgan fingerprint density at radius 1 is 1.12 bits per heavy atom. The Kier molecular flexibility index (Phi) is 5.17. The first-order chi connectivity index (χ1) is 11.3. The third-order valence-corrected chi connectivity index (χ3v) is 3.87. The molecule has 0 fully saturated rings. The van der Waals surface area contributed by atoms with Gasteiger partial charge in [-0.05, 0) is 35.6 Å². The number of carbonyl (C=O) groups is 1. The van der Waals surface area contributed by atoms with Gasteiger partial charge in [0, 0.05) is 5.56 Å². The summed E-state index contributed by atoms with van der Waals surface area (Å²) in [6.07, 6.45) is 0. The van der Waals surface area contributed by atoms with E-state index in [-0.39, 0.29) is 11.0 Å². The molecule has 0 aliphatic rings. The van der Waals surface area contributed by atoms with Crippen LogP contribution in [0.1, 0.15) is 43.6 Å². The van der Waals surface area contributed by atoms with Crippen LogP contribution in [0.4, 0.5) is 0 Å². The summed E-state index contributed by atoms with van der Waals surface area (Å²) < 4.78 is 11.1. The average molecular weight is 328 g/mol. The van der Waals surface area contributed by atoms with Crippen LogP contribution in [0.2, 0.25) is 0 Å². The zero-order valence-corrected chi connectivity index (χ0v) is 14.8. The smallest absolute Gasteiger partial charge is 0.335 e. The first-order valence-electron chi connectivity index (χ1n) is 7.97. The van der Waals surface area contributed by atoms with Crippen LogP contribution < -0.4 is 9.47 Å². The van der Waals surface area contributed by atoms with Crippen molar-refractivity contribution in [2.24, 2.45) is 0 Å². The second-order valence-electron chi connectivity index (χ2n) is 6.62. The van der Waals surface area contributed by atoms with Gasteiger partial charge in [0.15, 0.2) is 11.5 Å². The highest BCUT2D eigenvalue weighted by atomic mass is 16.5. The molecule has 1 N–H and O–H groups in total. The minimum absolute atomic E-state index is 0.0576. The summed E-state index contributed by atoms with van der Waals surface area (Å²) in [7, 11) is 1.56. The van der Waals surface area contributed by atoms with E-state index < -0.39 is 5.97 Å². The third-order valence-electron chi connectivity index (χ3n) is 3.87. The molecule has 0 atom stereocenters. The standard InChI is InChI=1S/C20H24O4/c1-6-24-17-12-14(19(21)22)11-16(18(17)23-5)13-7-9-15(10-8-13)20(2,3)4/h7-12H,6H2,1-5H3,(H,21,22). The first-order valence-corrected chi connectivity index (χ1v) is 7.97. The maximum atomic E-state index is 11.4. The summed E-state index contributed by atoms with van der Waals surface area (Å²) in [4.78, 5) is 11.4. The van der Waals surface area contributed by atoms with Gasteiger partial charge in [-0.15, -0.1) is 0 Å². The Morgan fingerprint density at radius 2 is 1.75 bits per heavy atom. The molecule has 0 aromatic heterocycles. The van der Waals surface area contributed by atoms with Crippen molar-refractivity contribution in [2.75, 3.05) is 13.7 Å². The van der Waals surface area contributed by atoms with Crippen molar-refractivity contribution < 1.29 is 19.4 Å². The van der Waals surface area contributed by atoms with Crippen LogP contribution in [0.25, 0.3) is 11.1 Å². The second-order valence-corrected chi connectivity index (χ2v) is 6.62. The molecule has 0 bridgehead atoms. The average Bonchev–Trinajstić information content (AvgIpc) is 2.53. The molecule has 24 heavy (non-hydrogen) atoms. The Morgan fingerprint density at radius 3 is 2.21 bits per heavy atom. The second kappa shape index (κ2) is 6.95. The Bertz CT molecular complexity index is 725. The molecule has 0 saturated carbocycles. The van der Waals surface area contributed by atoms with Crippen molar-refractivity contribution in [3.05, 3.63) is 47.5 Å². The summed E-state index contributed by atoms with van der Waals surface area (Å²) in [5.74, 6) is -0.00803. The largest absolute Gasteiger partial charge is 0.492 e.